The Labute approximate surface area is 173 Å². The molecule has 0 aromatic heterocycles. The molecule has 3 nitrogen and oxygen atoms in total. The molecule has 2 aromatic carbocycles. The molecule has 2 aromatic rings. The summed E-state index contributed by atoms with van der Waals surface area (Å²) in [6.07, 6.45) is -13.0. The molecule has 10 heteroatoms. The zero-order valence-electron chi connectivity index (χ0n) is 16.6. The third-order valence-corrected chi connectivity index (χ3v) is 4.76. The Balaban J connectivity index is 2.82. The van der Waals surface area contributed by atoms with Crippen molar-refractivity contribution in [1.82, 2.24) is 0 Å². The first-order valence-corrected chi connectivity index (χ1v) is 9.03. The first-order valence-electron chi connectivity index (χ1n) is 9.03. The molecule has 0 heterocycles. The van der Waals surface area contributed by atoms with Crippen LogP contribution < -0.4 is 5.32 Å². The normalized spacial score (nSPS) is 12.6. The van der Waals surface area contributed by atoms with Gasteiger partial charge in [-0.25, -0.2) is 4.39 Å². The molecular formula is C21H18F7NO2. The van der Waals surface area contributed by atoms with Crippen molar-refractivity contribution in [3.8, 4) is 0 Å². The smallest absolute Gasteiger partial charge is 0.321 e. The second-order valence-corrected chi connectivity index (χ2v) is 6.85. The number of benzene rings is 2. The molecule has 0 aliphatic heterocycles. The van der Waals surface area contributed by atoms with E-state index in [4.69, 9.17) is 0 Å². The number of halogens is 7. The van der Waals surface area contributed by atoms with Crippen LogP contribution in [0.15, 0.2) is 36.4 Å². The van der Waals surface area contributed by atoms with Crippen LogP contribution in [0.3, 0.4) is 0 Å². The first-order chi connectivity index (χ1) is 14.2. The number of ketones is 1. The summed E-state index contributed by atoms with van der Waals surface area (Å²) in [6.45, 7) is 3.23. The van der Waals surface area contributed by atoms with E-state index in [0.717, 1.165) is 13.8 Å². The fourth-order valence-electron chi connectivity index (χ4n) is 3.33. The lowest BCUT2D eigenvalue weighted by Crippen LogP contribution is -2.51. The molecule has 168 valence electrons. The summed E-state index contributed by atoms with van der Waals surface area (Å²) in [6, 6.07) is 7.94. The molecule has 1 amide bonds. The van der Waals surface area contributed by atoms with Crippen molar-refractivity contribution < 1.29 is 40.3 Å². The second-order valence-electron chi connectivity index (χ2n) is 6.85. The second kappa shape index (κ2) is 8.32. The number of nitrogens with one attached hydrogen (secondary N) is 1. The maximum absolute atomic E-state index is 14.8. The zero-order chi connectivity index (χ0) is 23.8. The highest BCUT2D eigenvalue weighted by atomic mass is 19.4. The molecule has 1 N–H and O–H groups in total. The predicted molar refractivity (Wildman–Crippen MR) is 99.9 cm³/mol. The number of alkyl halides is 7. The third-order valence-electron chi connectivity index (χ3n) is 4.76. The zero-order valence-corrected chi connectivity index (χ0v) is 16.6. The van der Waals surface area contributed by atoms with Crippen molar-refractivity contribution in [2.24, 2.45) is 0 Å². The SMILES string of the molecule is CCc1c(NC(=O)c2ccccc2)c(C)cc(C(F)(C(F)(F)F)C(F)(F)F)c1C(C)=O. The lowest BCUT2D eigenvalue weighted by molar-refractivity contribution is -0.348. The molecule has 0 aliphatic carbocycles. The Morgan fingerprint density at radius 1 is 0.935 bits per heavy atom. The van der Waals surface area contributed by atoms with Gasteiger partial charge in [-0.05, 0) is 49.6 Å². The van der Waals surface area contributed by atoms with Gasteiger partial charge in [-0.3, -0.25) is 9.59 Å². The minimum absolute atomic E-state index is 0.142. The Bertz CT molecular complexity index is 982. The molecule has 0 spiro atoms. The average Bonchev–Trinajstić information content (AvgIpc) is 2.66. The van der Waals surface area contributed by atoms with Gasteiger partial charge >= 0.3 is 18.0 Å². The van der Waals surface area contributed by atoms with Gasteiger partial charge in [0.25, 0.3) is 5.91 Å². The van der Waals surface area contributed by atoms with Gasteiger partial charge in [0.15, 0.2) is 5.78 Å². The van der Waals surface area contributed by atoms with Crippen molar-refractivity contribution in [3.63, 3.8) is 0 Å². The molecule has 2 rings (SSSR count). The van der Waals surface area contributed by atoms with Crippen LogP contribution in [0, 0.1) is 6.92 Å². The van der Waals surface area contributed by atoms with E-state index >= 15 is 0 Å². The number of rotatable bonds is 5. The molecule has 0 saturated carbocycles. The molecule has 0 unspecified atom stereocenters. The van der Waals surface area contributed by atoms with Gasteiger partial charge in [-0.1, -0.05) is 25.1 Å². The van der Waals surface area contributed by atoms with Gasteiger partial charge in [0.1, 0.15) is 0 Å². The number of carbonyl (C=O) groups is 2. The number of aryl methyl sites for hydroxylation is 1. The largest absolute Gasteiger partial charge is 0.435 e. The summed E-state index contributed by atoms with van der Waals surface area (Å²) in [5, 5.41) is 2.42. The standard InChI is InChI=1S/C21H18F7NO2/c1-4-14-16(12(3)30)15(19(22,20(23,24)25)21(26,27)28)10-11(2)17(14)29-18(31)13-8-6-5-7-9-13/h5-10H,4H2,1-3H3,(H,29,31). The summed E-state index contributed by atoms with van der Waals surface area (Å²) in [4.78, 5) is 24.6. The Kier molecular flexibility index (Phi) is 6.53. The topological polar surface area (TPSA) is 46.2 Å². The lowest BCUT2D eigenvalue weighted by Gasteiger charge is -2.33. The van der Waals surface area contributed by atoms with Crippen LogP contribution in [0.5, 0.6) is 0 Å². The van der Waals surface area contributed by atoms with E-state index in [1.165, 1.54) is 19.1 Å². The van der Waals surface area contributed by atoms with Crippen molar-refractivity contribution in [2.75, 3.05) is 5.32 Å². The van der Waals surface area contributed by atoms with Crippen molar-refractivity contribution in [3.05, 3.63) is 64.2 Å². The summed E-state index contributed by atoms with van der Waals surface area (Å²) >= 11 is 0. The molecule has 0 saturated heterocycles. The quantitative estimate of drug-likeness (QED) is 0.430. The fourth-order valence-corrected chi connectivity index (χ4v) is 3.33. The number of carbonyl (C=O) groups excluding carboxylic acids is 2. The lowest BCUT2D eigenvalue weighted by atomic mass is 9.83. The Morgan fingerprint density at radius 2 is 1.45 bits per heavy atom. The van der Waals surface area contributed by atoms with Gasteiger partial charge in [0.05, 0.1) is 0 Å². The number of hydrogen-bond acceptors (Lipinski definition) is 2. The van der Waals surface area contributed by atoms with Crippen LogP contribution in [0.2, 0.25) is 0 Å². The number of hydrogen-bond donors (Lipinski definition) is 1. The summed E-state index contributed by atoms with van der Waals surface area (Å²) < 4.78 is 94.9. The predicted octanol–water partition coefficient (Wildman–Crippen LogP) is 6.30. The van der Waals surface area contributed by atoms with E-state index in [2.05, 4.69) is 5.32 Å². The van der Waals surface area contributed by atoms with Crippen LogP contribution >= 0.6 is 0 Å². The molecule has 31 heavy (non-hydrogen) atoms. The third kappa shape index (κ3) is 4.28. The summed E-state index contributed by atoms with van der Waals surface area (Å²) in [5.41, 5.74) is -9.21. The molecule has 0 aliphatic rings. The minimum atomic E-state index is -6.37. The number of amides is 1. The van der Waals surface area contributed by atoms with Crippen LogP contribution in [0.1, 0.15) is 51.3 Å². The van der Waals surface area contributed by atoms with Crippen molar-refractivity contribution >= 4 is 17.4 Å². The molecule has 0 radical (unpaired) electrons. The van der Waals surface area contributed by atoms with Crippen molar-refractivity contribution in [1.29, 1.82) is 0 Å². The highest BCUT2D eigenvalue weighted by molar-refractivity contribution is 6.07. The highest BCUT2D eigenvalue weighted by Gasteiger charge is 2.74. The average molecular weight is 449 g/mol. The number of anilines is 1. The van der Waals surface area contributed by atoms with Gasteiger partial charge in [-0.15, -0.1) is 0 Å². The molecule has 0 atom stereocenters. The Hall–Kier alpha value is -2.91. The van der Waals surface area contributed by atoms with Crippen molar-refractivity contribution in [2.45, 2.75) is 45.2 Å². The molecular weight excluding hydrogens is 431 g/mol. The maximum Gasteiger partial charge on any atom is 0.435 e. The van der Waals surface area contributed by atoms with Gasteiger partial charge in [0, 0.05) is 22.4 Å². The van der Waals surface area contributed by atoms with Crippen LogP contribution in [0.4, 0.5) is 36.4 Å². The van der Waals surface area contributed by atoms with E-state index in [-0.39, 0.29) is 28.8 Å². The van der Waals surface area contributed by atoms with Crippen LogP contribution in [-0.4, -0.2) is 24.0 Å². The van der Waals surface area contributed by atoms with Gasteiger partial charge < -0.3 is 5.32 Å². The summed E-state index contributed by atoms with van der Waals surface area (Å²) in [5.74, 6) is -1.89. The first kappa shape index (κ1) is 24.4. The molecule has 0 bridgehead atoms. The van der Waals surface area contributed by atoms with Crippen LogP contribution in [0.25, 0.3) is 0 Å². The summed E-state index contributed by atoms with van der Waals surface area (Å²) in [7, 11) is 0. The monoisotopic (exact) mass is 449 g/mol. The minimum Gasteiger partial charge on any atom is -0.321 e. The van der Waals surface area contributed by atoms with E-state index in [1.807, 2.05) is 0 Å². The van der Waals surface area contributed by atoms with Crippen LogP contribution in [-0.2, 0) is 12.1 Å². The van der Waals surface area contributed by atoms with E-state index < -0.39 is 40.8 Å². The van der Waals surface area contributed by atoms with E-state index in [9.17, 15) is 40.3 Å². The highest BCUT2D eigenvalue weighted by Crippen LogP contribution is 2.55. The Morgan fingerprint density at radius 3 is 1.87 bits per heavy atom. The fraction of sp³-hybridized carbons (Fsp3) is 0.333. The molecule has 0 fully saturated rings. The number of Topliss-reactive ketones (excluding diaryl/α,β-unsaturated/α-hetero) is 1. The van der Waals surface area contributed by atoms with Gasteiger partial charge in [-0.2, -0.15) is 26.3 Å². The van der Waals surface area contributed by atoms with Gasteiger partial charge in [0.2, 0.25) is 0 Å². The van der Waals surface area contributed by atoms with E-state index in [0.29, 0.717) is 6.07 Å². The maximum atomic E-state index is 14.8. The van der Waals surface area contributed by atoms with E-state index in [1.54, 1.807) is 18.2 Å².